The summed E-state index contributed by atoms with van der Waals surface area (Å²) in [6, 6.07) is 7.07. The number of hydrogen-bond donors (Lipinski definition) is 1. The van der Waals surface area contributed by atoms with Crippen molar-refractivity contribution >= 4 is 27.9 Å². The lowest BCUT2D eigenvalue weighted by Gasteiger charge is -2.23. The van der Waals surface area contributed by atoms with E-state index in [1.807, 2.05) is 24.3 Å². The van der Waals surface area contributed by atoms with Gasteiger partial charge >= 0.3 is 6.03 Å². The number of hydrogen-bond acceptors (Lipinski definition) is 2. The van der Waals surface area contributed by atoms with E-state index in [0.29, 0.717) is 6.54 Å². The number of imide groups is 1. The summed E-state index contributed by atoms with van der Waals surface area (Å²) < 4.78 is 0.814. The van der Waals surface area contributed by atoms with Crippen molar-refractivity contribution in [1.82, 2.24) is 10.2 Å². The molecule has 0 aromatic heterocycles. The van der Waals surface area contributed by atoms with Gasteiger partial charge in [0.15, 0.2) is 0 Å². The van der Waals surface area contributed by atoms with Crippen molar-refractivity contribution < 1.29 is 9.59 Å². The summed E-state index contributed by atoms with van der Waals surface area (Å²) in [5.41, 5.74) is -0.206. The fourth-order valence-electron chi connectivity index (χ4n) is 2.03. The number of benzene rings is 1. The SMILES string of the molecule is CCN1C(=O)NC(C)(c2ccccc2Br)C1=O. The lowest BCUT2D eigenvalue weighted by atomic mass is 9.92. The molecule has 1 aliphatic heterocycles. The molecule has 1 atom stereocenters. The van der Waals surface area contributed by atoms with Crippen molar-refractivity contribution in [3.8, 4) is 0 Å². The predicted octanol–water partition coefficient (Wildman–Crippen LogP) is 2.24. The van der Waals surface area contributed by atoms with Crippen LogP contribution in [0.3, 0.4) is 0 Å². The number of carbonyl (C=O) groups is 2. The van der Waals surface area contributed by atoms with Gasteiger partial charge in [-0.3, -0.25) is 9.69 Å². The summed E-state index contributed by atoms with van der Waals surface area (Å²) in [7, 11) is 0. The highest BCUT2D eigenvalue weighted by atomic mass is 79.9. The summed E-state index contributed by atoms with van der Waals surface area (Å²) in [6.07, 6.45) is 0. The zero-order chi connectivity index (χ0) is 12.6. The second kappa shape index (κ2) is 4.14. The van der Waals surface area contributed by atoms with Gasteiger partial charge in [0, 0.05) is 16.6 Å². The number of rotatable bonds is 2. The van der Waals surface area contributed by atoms with E-state index in [2.05, 4.69) is 21.2 Å². The number of halogens is 1. The van der Waals surface area contributed by atoms with Crippen LogP contribution in [-0.4, -0.2) is 23.4 Å². The Morgan fingerprint density at radius 3 is 2.53 bits per heavy atom. The second-order valence-electron chi connectivity index (χ2n) is 4.08. The van der Waals surface area contributed by atoms with E-state index < -0.39 is 5.54 Å². The molecule has 0 radical (unpaired) electrons. The Kier molecular flexibility index (Phi) is 2.95. The molecule has 17 heavy (non-hydrogen) atoms. The van der Waals surface area contributed by atoms with Crippen molar-refractivity contribution in [2.75, 3.05) is 6.54 Å². The molecule has 1 aromatic rings. The van der Waals surface area contributed by atoms with Crippen LogP contribution in [-0.2, 0) is 10.3 Å². The minimum atomic E-state index is -0.979. The molecule has 5 heteroatoms. The highest BCUT2D eigenvalue weighted by Gasteiger charge is 2.48. The highest BCUT2D eigenvalue weighted by Crippen LogP contribution is 2.33. The Bertz CT molecular complexity index is 489. The molecule has 1 fully saturated rings. The molecule has 0 aliphatic carbocycles. The molecule has 1 saturated heterocycles. The molecule has 3 amide bonds. The van der Waals surface area contributed by atoms with Crippen LogP contribution in [0.4, 0.5) is 4.79 Å². The van der Waals surface area contributed by atoms with E-state index in [1.165, 1.54) is 4.90 Å². The zero-order valence-electron chi connectivity index (χ0n) is 9.66. The van der Waals surface area contributed by atoms with E-state index in [9.17, 15) is 9.59 Å². The molecule has 1 unspecified atom stereocenters. The lowest BCUT2D eigenvalue weighted by Crippen LogP contribution is -2.41. The van der Waals surface area contributed by atoms with Crippen molar-refractivity contribution in [2.24, 2.45) is 0 Å². The van der Waals surface area contributed by atoms with Gasteiger partial charge in [-0.1, -0.05) is 34.1 Å². The van der Waals surface area contributed by atoms with Crippen LogP contribution in [0.1, 0.15) is 19.4 Å². The summed E-state index contributed by atoms with van der Waals surface area (Å²) in [5, 5.41) is 2.75. The molecule has 0 saturated carbocycles. The van der Waals surface area contributed by atoms with Crippen LogP contribution in [0.15, 0.2) is 28.7 Å². The largest absolute Gasteiger partial charge is 0.325 e. The number of likely N-dealkylation sites (N-methyl/N-ethyl adjacent to an activating group) is 1. The van der Waals surface area contributed by atoms with Crippen LogP contribution >= 0.6 is 15.9 Å². The summed E-state index contributed by atoms with van der Waals surface area (Å²) in [4.78, 5) is 25.2. The second-order valence-corrected chi connectivity index (χ2v) is 4.94. The minimum absolute atomic E-state index is 0.211. The first-order chi connectivity index (χ1) is 8.00. The van der Waals surface area contributed by atoms with Gasteiger partial charge in [-0.15, -0.1) is 0 Å². The maximum atomic E-state index is 12.2. The van der Waals surface area contributed by atoms with Crippen LogP contribution < -0.4 is 5.32 Å². The Morgan fingerprint density at radius 2 is 2.00 bits per heavy atom. The average molecular weight is 297 g/mol. The highest BCUT2D eigenvalue weighted by molar-refractivity contribution is 9.10. The molecular weight excluding hydrogens is 284 g/mol. The van der Waals surface area contributed by atoms with E-state index in [4.69, 9.17) is 0 Å². The number of carbonyl (C=O) groups excluding carboxylic acids is 2. The maximum absolute atomic E-state index is 12.2. The van der Waals surface area contributed by atoms with Gasteiger partial charge in [-0.2, -0.15) is 0 Å². The van der Waals surface area contributed by atoms with Crippen molar-refractivity contribution in [3.05, 3.63) is 34.3 Å². The van der Waals surface area contributed by atoms with Gasteiger partial charge in [0.1, 0.15) is 5.54 Å². The minimum Gasteiger partial charge on any atom is -0.319 e. The maximum Gasteiger partial charge on any atom is 0.325 e. The third-order valence-electron chi connectivity index (χ3n) is 3.00. The van der Waals surface area contributed by atoms with Crippen molar-refractivity contribution in [2.45, 2.75) is 19.4 Å². The average Bonchev–Trinajstić information content (AvgIpc) is 2.51. The predicted molar refractivity (Wildman–Crippen MR) is 67.4 cm³/mol. The number of urea groups is 1. The molecule has 0 spiro atoms. The van der Waals surface area contributed by atoms with E-state index >= 15 is 0 Å². The molecule has 4 nitrogen and oxygen atoms in total. The van der Waals surface area contributed by atoms with E-state index in [1.54, 1.807) is 13.8 Å². The molecule has 1 aromatic carbocycles. The number of nitrogens with zero attached hydrogens (tertiary/aromatic N) is 1. The van der Waals surface area contributed by atoms with Crippen LogP contribution in [0.2, 0.25) is 0 Å². The smallest absolute Gasteiger partial charge is 0.319 e. The fraction of sp³-hybridized carbons (Fsp3) is 0.333. The molecule has 1 heterocycles. The van der Waals surface area contributed by atoms with Crippen LogP contribution in [0.5, 0.6) is 0 Å². The van der Waals surface area contributed by atoms with Gasteiger partial charge in [0.2, 0.25) is 0 Å². The first kappa shape index (κ1) is 12.1. The molecule has 1 N–H and O–H groups in total. The number of nitrogens with one attached hydrogen (secondary N) is 1. The molecular formula is C12H13BrN2O2. The standard InChI is InChI=1S/C12H13BrN2O2/c1-3-15-10(16)12(2,14-11(15)17)8-6-4-5-7-9(8)13/h4-7H,3H2,1-2H3,(H,14,17). The van der Waals surface area contributed by atoms with Crippen molar-refractivity contribution in [1.29, 1.82) is 0 Å². The van der Waals surface area contributed by atoms with Gasteiger partial charge in [-0.05, 0) is 19.9 Å². The Labute approximate surface area is 108 Å². The van der Waals surface area contributed by atoms with Crippen LogP contribution in [0.25, 0.3) is 0 Å². The Morgan fingerprint density at radius 1 is 1.35 bits per heavy atom. The molecule has 90 valence electrons. The normalized spacial score (nSPS) is 24.1. The summed E-state index contributed by atoms with van der Waals surface area (Å²) >= 11 is 3.41. The third-order valence-corrected chi connectivity index (χ3v) is 3.70. The fourth-order valence-corrected chi connectivity index (χ4v) is 2.71. The van der Waals surface area contributed by atoms with Gasteiger partial charge in [0.05, 0.1) is 0 Å². The summed E-state index contributed by atoms with van der Waals surface area (Å²) in [6.45, 7) is 3.89. The van der Waals surface area contributed by atoms with Crippen LogP contribution in [0, 0.1) is 0 Å². The van der Waals surface area contributed by atoms with Gasteiger partial charge in [-0.25, -0.2) is 4.79 Å². The number of amides is 3. The molecule has 2 rings (SSSR count). The first-order valence-corrected chi connectivity index (χ1v) is 6.19. The van der Waals surface area contributed by atoms with E-state index in [-0.39, 0.29) is 11.9 Å². The van der Waals surface area contributed by atoms with Gasteiger partial charge < -0.3 is 5.32 Å². The summed E-state index contributed by atoms with van der Waals surface area (Å²) in [5.74, 6) is -0.211. The topological polar surface area (TPSA) is 49.4 Å². The third kappa shape index (κ3) is 1.74. The van der Waals surface area contributed by atoms with Crippen molar-refractivity contribution in [3.63, 3.8) is 0 Å². The molecule has 0 bridgehead atoms. The Balaban J connectivity index is 2.49. The molecule has 1 aliphatic rings. The van der Waals surface area contributed by atoms with Gasteiger partial charge in [0.25, 0.3) is 5.91 Å². The quantitative estimate of drug-likeness (QED) is 0.851. The Hall–Kier alpha value is -1.36. The lowest BCUT2D eigenvalue weighted by molar-refractivity contribution is -0.130. The zero-order valence-corrected chi connectivity index (χ0v) is 11.2. The van der Waals surface area contributed by atoms with E-state index in [0.717, 1.165) is 10.0 Å². The first-order valence-electron chi connectivity index (χ1n) is 5.40. The monoisotopic (exact) mass is 296 g/mol.